The van der Waals surface area contributed by atoms with Crippen molar-refractivity contribution in [1.82, 2.24) is 0 Å². The predicted octanol–water partition coefficient (Wildman–Crippen LogP) is 2.07. The number of aryl methyl sites for hydroxylation is 2. The summed E-state index contributed by atoms with van der Waals surface area (Å²) in [4.78, 5) is 10.5. The van der Waals surface area contributed by atoms with Crippen LogP contribution in [-0.2, 0) is 11.2 Å². The maximum Gasteiger partial charge on any atom is 0.217 e. The number of primary amides is 1. The van der Waals surface area contributed by atoms with Crippen molar-refractivity contribution in [3.8, 4) is 0 Å². The molecule has 1 amide bonds. The molecule has 2 N–H and O–H groups in total. The van der Waals surface area contributed by atoms with Crippen molar-refractivity contribution in [2.75, 3.05) is 0 Å². The highest BCUT2D eigenvalue weighted by atomic mass is 35.5. The van der Waals surface area contributed by atoms with E-state index in [1.807, 2.05) is 25.1 Å². The van der Waals surface area contributed by atoms with Gasteiger partial charge in [0.05, 0.1) is 0 Å². The highest BCUT2D eigenvalue weighted by molar-refractivity contribution is 6.30. The van der Waals surface area contributed by atoms with Gasteiger partial charge in [-0.15, -0.1) is 0 Å². The van der Waals surface area contributed by atoms with Crippen LogP contribution >= 0.6 is 11.6 Å². The first-order chi connectivity index (χ1) is 6.09. The Bertz CT molecular complexity index is 323. The lowest BCUT2D eigenvalue weighted by Gasteiger charge is -2.03. The Balaban J connectivity index is 2.72. The third kappa shape index (κ3) is 3.07. The molecule has 1 rings (SSSR count). The minimum atomic E-state index is -0.269. The van der Waals surface area contributed by atoms with Crippen molar-refractivity contribution in [3.05, 3.63) is 34.3 Å². The van der Waals surface area contributed by atoms with Gasteiger partial charge < -0.3 is 5.73 Å². The van der Waals surface area contributed by atoms with Crippen molar-refractivity contribution in [2.24, 2.45) is 5.73 Å². The topological polar surface area (TPSA) is 43.1 Å². The summed E-state index contributed by atoms with van der Waals surface area (Å²) in [5.41, 5.74) is 7.29. The molecule has 3 heteroatoms. The number of nitrogens with two attached hydrogens (primary N) is 1. The summed E-state index contributed by atoms with van der Waals surface area (Å²) < 4.78 is 0. The van der Waals surface area contributed by atoms with Gasteiger partial charge in [-0.05, 0) is 36.6 Å². The highest BCUT2D eigenvalue weighted by Gasteiger charge is 2.01. The second-order valence-corrected chi connectivity index (χ2v) is 3.47. The summed E-state index contributed by atoms with van der Waals surface area (Å²) in [7, 11) is 0. The fourth-order valence-electron chi connectivity index (χ4n) is 1.20. The molecule has 2 nitrogen and oxygen atoms in total. The minimum Gasteiger partial charge on any atom is -0.370 e. The van der Waals surface area contributed by atoms with Gasteiger partial charge >= 0.3 is 0 Å². The van der Waals surface area contributed by atoms with E-state index in [4.69, 9.17) is 17.3 Å². The Morgan fingerprint density at radius 2 is 2.23 bits per heavy atom. The van der Waals surface area contributed by atoms with Crippen LogP contribution in [0.5, 0.6) is 0 Å². The van der Waals surface area contributed by atoms with E-state index < -0.39 is 0 Å². The zero-order valence-electron chi connectivity index (χ0n) is 7.51. The second kappa shape index (κ2) is 4.28. The summed E-state index contributed by atoms with van der Waals surface area (Å²) in [5, 5.41) is 0.723. The van der Waals surface area contributed by atoms with Crippen LogP contribution in [0.4, 0.5) is 0 Å². The van der Waals surface area contributed by atoms with Gasteiger partial charge in [-0.3, -0.25) is 4.79 Å². The van der Waals surface area contributed by atoms with Gasteiger partial charge in [0.2, 0.25) is 5.91 Å². The Kier molecular flexibility index (Phi) is 3.32. The van der Waals surface area contributed by atoms with E-state index in [9.17, 15) is 4.79 Å². The molecule has 1 aromatic rings. The normalized spacial score (nSPS) is 10.0. The number of halogens is 1. The van der Waals surface area contributed by atoms with E-state index >= 15 is 0 Å². The molecule has 0 saturated heterocycles. The Hall–Kier alpha value is -1.02. The standard InChI is InChI=1S/C10H12ClNO/c1-7-6-9(11)4-2-8(7)3-5-10(12)13/h2,4,6H,3,5H2,1H3,(H2,12,13). The summed E-state index contributed by atoms with van der Waals surface area (Å²) in [6.45, 7) is 1.97. The quantitative estimate of drug-likeness (QED) is 0.792. The first kappa shape index (κ1) is 10.1. The zero-order valence-corrected chi connectivity index (χ0v) is 8.27. The van der Waals surface area contributed by atoms with Crippen molar-refractivity contribution in [1.29, 1.82) is 0 Å². The molecule has 1 aromatic carbocycles. The van der Waals surface area contributed by atoms with Gasteiger partial charge in [-0.1, -0.05) is 17.7 Å². The average molecular weight is 198 g/mol. The molecule has 13 heavy (non-hydrogen) atoms. The van der Waals surface area contributed by atoms with E-state index in [1.54, 1.807) is 0 Å². The Labute approximate surface area is 82.7 Å². The molecule has 0 aromatic heterocycles. The van der Waals surface area contributed by atoms with Crippen LogP contribution < -0.4 is 5.73 Å². The Morgan fingerprint density at radius 1 is 1.54 bits per heavy atom. The van der Waals surface area contributed by atoms with Gasteiger partial charge in [-0.25, -0.2) is 0 Å². The van der Waals surface area contributed by atoms with Crippen LogP contribution in [0, 0.1) is 6.92 Å². The molecule has 0 aliphatic rings. The third-order valence-corrected chi connectivity index (χ3v) is 2.18. The average Bonchev–Trinajstić information content (AvgIpc) is 2.02. The van der Waals surface area contributed by atoms with E-state index in [0.717, 1.165) is 16.1 Å². The number of hydrogen-bond acceptors (Lipinski definition) is 1. The fourth-order valence-corrected chi connectivity index (χ4v) is 1.42. The van der Waals surface area contributed by atoms with Gasteiger partial charge in [-0.2, -0.15) is 0 Å². The molecular weight excluding hydrogens is 186 g/mol. The lowest BCUT2D eigenvalue weighted by Crippen LogP contribution is -2.11. The minimum absolute atomic E-state index is 0.269. The van der Waals surface area contributed by atoms with Gasteiger partial charge in [0.25, 0.3) is 0 Å². The van der Waals surface area contributed by atoms with E-state index in [0.29, 0.717) is 12.8 Å². The molecule has 70 valence electrons. The van der Waals surface area contributed by atoms with Crippen molar-refractivity contribution in [3.63, 3.8) is 0 Å². The second-order valence-electron chi connectivity index (χ2n) is 3.04. The molecular formula is C10H12ClNO. The maximum atomic E-state index is 10.5. The van der Waals surface area contributed by atoms with Crippen LogP contribution in [0.1, 0.15) is 17.5 Å². The van der Waals surface area contributed by atoms with Crippen LogP contribution in [0.3, 0.4) is 0 Å². The maximum absolute atomic E-state index is 10.5. The number of hydrogen-bond donors (Lipinski definition) is 1. The molecule has 0 fully saturated rings. The van der Waals surface area contributed by atoms with E-state index in [1.165, 1.54) is 0 Å². The molecule has 0 unspecified atom stereocenters. The third-order valence-electron chi connectivity index (χ3n) is 1.95. The van der Waals surface area contributed by atoms with Crippen LogP contribution in [-0.4, -0.2) is 5.91 Å². The lowest BCUT2D eigenvalue weighted by atomic mass is 10.0. The molecule has 0 aliphatic carbocycles. The monoisotopic (exact) mass is 197 g/mol. The molecule has 0 spiro atoms. The highest BCUT2D eigenvalue weighted by Crippen LogP contribution is 2.16. The summed E-state index contributed by atoms with van der Waals surface area (Å²) in [5.74, 6) is -0.269. The number of carbonyl (C=O) groups excluding carboxylic acids is 1. The van der Waals surface area contributed by atoms with Crippen molar-refractivity contribution < 1.29 is 4.79 Å². The first-order valence-electron chi connectivity index (χ1n) is 4.13. The molecule has 0 saturated carbocycles. The van der Waals surface area contributed by atoms with Crippen molar-refractivity contribution in [2.45, 2.75) is 19.8 Å². The first-order valence-corrected chi connectivity index (χ1v) is 4.50. The largest absolute Gasteiger partial charge is 0.370 e. The molecule has 0 radical (unpaired) electrons. The summed E-state index contributed by atoms with van der Waals surface area (Å²) in [6, 6.07) is 5.64. The molecule has 0 heterocycles. The summed E-state index contributed by atoms with van der Waals surface area (Å²) >= 11 is 5.79. The zero-order chi connectivity index (χ0) is 9.84. The Morgan fingerprint density at radius 3 is 2.77 bits per heavy atom. The van der Waals surface area contributed by atoms with E-state index in [2.05, 4.69) is 0 Å². The van der Waals surface area contributed by atoms with E-state index in [-0.39, 0.29) is 5.91 Å². The fraction of sp³-hybridized carbons (Fsp3) is 0.300. The smallest absolute Gasteiger partial charge is 0.217 e. The van der Waals surface area contributed by atoms with Crippen molar-refractivity contribution >= 4 is 17.5 Å². The van der Waals surface area contributed by atoms with Gasteiger partial charge in [0.1, 0.15) is 0 Å². The summed E-state index contributed by atoms with van der Waals surface area (Å²) in [6.07, 6.45) is 1.08. The van der Waals surface area contributed by atoms with Crippen LogP contribution in [0.25, 0.3) is 0 Å². The van der Waals surface area contributed by atoms with Gasteiger partial charge in [0, 0.05) is 11.4 Å². The molecule has 0 aliphatic heterocycles. The molecule has 0 atom stereocenters. The predicted molar refractivity (Wildman–Crippen MR) is 53.7 cm³/mol. The number of carbonyl (C=O) groups is 1. The van der Waals surface area contributed by atoms with Crippen LogP contribution in [0.15, 0.2) is 18.2 Å². The number of amides is 1. The number of benzene rings is 1. The molecule has 0 bridgehead atoms. The van der Waals surface area contributed by atoms with Crippen LogP contribution in [0.2, 0.25) is 5.02 Å². The SMILES string of the molecule is Cc1cc(Cl)ccc1CCC(N)=O. The van der Waals surface area contributed by atoms with Gasteiger partial charge in [0.15, 0.2) is 0 Å². The lowest BCUT2D eigenvalue weighted by molar-refractivity contribution is -0.117. The number of rotatable bonds is 3.